The van der Waals surface area contributed by atoms with E-state index in [-0.39, 0.29) is 12.4 Å². The highest BCUT2D eigenvalue weighted by atomic mass is 16.5. The van der Waals surface area contributed by atoms with Crippen LogP contribution in [0.2, 0.25) is 0 Å². The lowest BCUT2D eigenvalue weighted by Crippen LogP contribution is -2.18. The lowest BCUT2D eigenvalue weighted by atomic mass is 10.2. The Hall–Kier alpha value is -2.11. The molecule has 0 saturated heterocycles. The lowest BCUT2D eigenvalue weighted by Gasteiger charge is -2.09. The second-order valence-corrected chi connectivity index (χ2v) is 3.69. The quantitative estimate of drug-likeness (QED) is 0.731. The first kappa shape index (κ1) is 14.0. The summed E-state index contributed by atoms with van der Waals surface area (Å²) in [6.07, 6.45) is 0.210. The van der Waals surface area contributed by atoms with Crippen molar-refractivity contribution >= 4 is 17.7 Å². The van der Waals surface area contributed by atoms with Gasteiger partial charge in [0.2, 0.25) is 0 Å². The number of hydrogen-bond acceptors (Lipinski definition) is 5. The van der Waals surface area contributed by atoms with Crippen LogP contribution in [0.25, 0.3) is 0 Å². The molecule has 1 amide bonds. The fourth-order valence-electron chi connectivity index (χ4n) is 1.41. The number of nitrogens with one attached hydrogen (secondary N) is 1. The predicted molar refractivity (Wildman–Crippen MR) is 67.2 cm³/mol. The van der Waals surface area contributed by atoms with Gasteiger partial charge < -0.3 is 15.8 Å². The number of anilines is 1. The third kappa shape index (κ3) is 4.04. The number of aromatic nitrogens is 1. The van der Waals surface area contributed by atoms with Gasteiger partial charge in [-0.1, -0.05) is 0 Å². The number of nitrogens with two attached hydrogens (primary N) is 1. The maximum Gasteiger partial charge on any atom is 0.307 e. The van der Waals surface area contributed by atoms with Crippen LogP contribution in [-0.4, -0.2) is 30.0 Å². The molecule has 0 radical (unpaired) electrons. The molecule has 1 heterocycles. The minimum Gasteiger partial charge on any atom is -0.466 e. The molecule has 1 rings (SSSR count). The second-order valence-electron chi connectivity index (χ2n) is 3.69. The van der Waals surface area contributed by atoms with Gasteiger partial charge in [0.05, 0.1) is 18.6 Å². The van der Waals surface area contributed by atoms with Crippen molar-refractivity contribution in [1.29, 1.82) is 0 Å². The van der Waals surface area contributed by atoms with Gasteiger partial charge in [0.15, 0.2) is 0 Å². The van der Waals surface area contributed by atoms with Gasteiger partial charge in [0, 0.05) is 12.2 Å². The van der Waals surface area contributed by atoms with Crippen molar-refractivity contribution in [2.75, 3.05) is 18.5 Å². The molecule has 0 spiro atoms. The van der Waals surface area contributed by atoms with Crippen LogP contribution >= 0.6 is 0 Å². The first-order chi connectivity index (χ1) is 8.54. The van der Waals surface area contributed by atoms with Crippen LogP contribution in [0.4, 0.5) is 5.82 Å². The molecule has 0 bridgehead atoms. The number of carbonyl (C=O) groups is 2. The third-order valence-electron chi connectivity index (χ3n) is 2.23. The molecular formula is C12H17N3O3. The summed E-state index contributed by atoms with van der Waals surface area (Å²) in [5, 5.41) is 2.91. The third-order valence-corrected chi connectivity index (χ3v) is 2.23. The van der Waals surface area contributed by atoms with Gasteiger partial charge in [-0.25, -0.2) is 4.98 Å². The van der Waals surface area contributed by atoms with E-state index < -0.39 is 5.91 Å². The topological polar surface area (TPSA) is 94.3 Å². The van der Waals surface area contributed by atoms with E-state index in [4.69, 9.17) is 10.5 Å². The number of aryl methyl sites for hydroxylation is 1. The normalized spacial score (nSPS) is 9.89. The summed E-state index contributed by atoms with van der Waals surface area (Å²) in [6.45, 7) is 4.25. The van der Waals surface area contributed by atoms with E-state index in [1.807, 2.05) is 0 Å². The van der Waals surface area contributed by atoms with Crippen LogP contribution in [0.3, 0.4) is 0 Å². The van der Waals surface area contributed by atoms with Gasteiger partial charge in [-0.15, -0.1) is 0 Å². The molecule has 6 nitrogen and oxygen atoms in total. The number of pyridine rings is 1. The number of esters is 1. The van der Waals surface area contributed by atoms with Crippen LogP contribution in [-0.2, 0) is 9.53 Å². The van der Waals surface area contributed by atoms with Crippen molar-refractivity contribution in [2.45, 2.75) is 20.3 Å². The summed E-state index contributed by atoms with van der Waals surface area (Å²) in [5.41, 5.74) is 6.31. The first-order valence-electron chi connectivity index (χ1n) is 5.71. The summed E-state index contributed by atoms with van der Waals surface area (Å²) < 4.78 is 4.79. The molecule has 1 aromatic rings. The molecule has 98 valence electrons. The number of ether oxygens (including phenoxy) is 1. The Balaban J connectivity index is 2.63. The van der Waals surface area contributed by atoms with E-state index in [0.717, 1.165) is 5.69 Å². The molecule has 0 aliphatic rings. The maximum absolute atomic E-state index is 11.2. The number of primary amides is 1. The highest BCUT2D eigenvalue weighted by Crippen LogP contribution is 2.12. The Morgan fingerprint density at radius 1 is 1.44 bits per heavy atom. The predicted octanol–water partition coefficient (Wildman–Crippen LogP) is 0.854. The highest BCUT2D eigenvalue weighted by Gasteiger charge is 2.10. The minimum absolute atomic E-state index is 0.210. The fourth-order valence-corrected chi connectivity index (χ4v) is 1.41. The van der Waals surface area contributed by atoms with Crippen LogP contribution in [0.5, 0.6) is 0 Å². The average molecular weight is 251 g/mol. The van der Waals surface area contributed by atoms with E-state index >= 15 is 0 Å². The molecule has 0 aliphatic carbocycles. The summed E-state index contributed by atoms with van der Waals surface area (Å²) >= 11 is 0. The van der Waals surface area contributed by atoms with E-state index in [9.17, 15) is 9.59 Å². The van der Waals surface area contributed by atoms with Crippen LogP contribution in [0, 0.1) is 6.92 Å². The van der Waals surface area contributed by atoms with Crippen molar-refractivity contribution < 1.29 is 14.3 Å². The molecule has 0 atom stereocenters. The zero-order chi connectivity index (χ0) is 13.5. The molecule has 3 N–H and O–H groups in total. The summed E-state index contributed by atoms with van der Waals surface area (Å²) in [6, 6.07) is 3.31. The molecule has 0 aromatic carbocycles. The molecule has 0 saturated carbocycles. The van der Waals surface area contributed by atoms with Crippen molar-refractivity contribution in [3.05, 3.63) is 23.4 Å². The smallest absolute Gasteiger partial charge is 0.307 e. The van der Waals surface area contributed by atoms with Gasteiger partial charge in [-0.3, -0.25) is 9.59 Å². The lowest BCUT2D eigenvalue weighted by molar-refractivity contribution is -0.142. The van der Waals surface area contributed by atoms with Gasteiger partial charge >= 0.3 is 5.97 Å². The number of carbonyl (C=O) groups excluding carboxylic acids is 2. The molecular weight excluding hydrogens is 234 g/mol. The highest BCUT2D eigenvalue weighted by molar-refractivity contribution is 5.97. The molecule has 1 aromatic heterocycles. The number of amides is 1. The average Bonchev–Trinajstić information content (AvgIpc) is 2.29. The summed E-state index contributed by atoms with van der Waals surface area (Å²) in [4.78, 5) is 26.5. The Bertz CT molecular complexity index is 446. The number of hydrogen-bond donors (Lipinski definition) is 2. The van der Waals surface area contributed by atoms with Crippen molar-refractivity contribution in [2.24, 2.45) is 5.73 Å². The van der Waals surface area contributed by atoms with Crippen molar-refractivity contribution in [3.63, 3.8) is 0 Å². The van der Waals surface area contributed by atoms with Gasteiger partial charge in [0.25, 0.3) is 5.91 Å². The summed E-state index contributed by atoms with van der Waals surface area (Å²) in [5.74, 6) is -0.453. The monoisotopic (exact) mass is 251 g/mol. The minimum atomic E-state index is -0.555. The number of rotatable bonds is 6. The summed E-state index contributed by atoms with van der Waals surface area (Å²) in [7, 11) is 0. The van der Waals surface area contributed by atoms with E-state index in [1.54, 1.807) is 26.0 Å². The number of nitrogens with zero attached hydrogens (tertiary/aromatic N) is 1. The van der Waals surface area contributed by atoms with Gasteiger partial charge in [-0.05, 0) is 26.0 Å². The molecule has 18 heavy (non-hydrogen) atoms. The van der Waals surface area contributed by atoms with Crippen LogP contribution in [0.15, 0.2) is 12.1 Å². The SMILES string of the molecule is CCOC(=O)CCNc1nc(C)ccc1C(N)=O. The maximum atomic E-state index is 11.2. The van der Waals surface area contributed by atoms with E-state index in [1.165, 1.54) is 0 Å². The van der Waals surface area contributed by atoms with E-state index in [0.29, 0.717) is 24.5 Å². The van der Waals surface area contributed by atoms with Crippen molar-refractivity contribution in [3.8, 4) is 0 Å². The van der Waals surface area contributed by atoms with Gasteiger partial charge in [-0.2, -0.15) is 0 Å². The molecule has 0 fully saturated rings. The standard InChI is InChI=1S/C12H17N3O3/c1-3-18-10(16)6-7-14-12-9(11(13)17)5-4-8(2)15-12/h4-5H,3,6-7H2,1-2H3,(H2,13,17)(H,14,15). The zero-order valence-electron chi connectivity index (χ0n) is 10.5. The molecule has 0 aliphatic heterocycles. The fraction of sp³-hybridized carbons (Fsp3) is 0.417. The Kier molecular flexibility index (Phi) is 5.10. The van der Waals surface area contributed by atoms with Crippen molar-refractivity contribution in [1.82, 2.24) is 4.98 Å². The van der Waals surface area contributed by atoms with Crippen LogP contribution < -0.4 is 11.1 Å². The second kappa shape index (κ2) is 6.58. The Morgan fingerprint density at radius 2 is 2.17 bits per heavy atom. The zero-order valence-corrected chi connectivity index (χ0v) is 10.5. The van der Waals surface area contributed by atoms with Gasteiger partial charge in [0.1, 0.15) is 5.82 Å². The Morgan fingerprint density at radius 3 is 2.78 bits per heavy atom. The molecule has 6 heteroatoms. The largest absolute Gasteiger partial charge is 0.466 e. The molecule has 0 unspecified atom stereocenters. The Labute approximate surface area is 106 Å². The van der Waals surface area contributed by atoms with E-state index in [2.05, 4.69) is 10.3 Å². The first-order valence-corrected chi connectivity index (χ1v) is 5.71. The van der Waals surface area contributed by atoms with Crippen LogP contribution in [0.1, 0.15) is 29.4 Å².